The Morgan fingerprint density at radius 3 is 1.83 bits per heavy atom. The molecule has 0 aliphatic carbocycles. The van der Waals surface area contributed by atoms with Crippen molar-refractivity contribution in [1.82, 2.24) is 0 Å². The fourth-order valence-electron chi connectivity index (χ4n) is 0.254. The third-order valence-electron chi connectivity index (χ3n) is 0.953. The van der Waals surface area contributed by atoms with Crippen LogP contribution in [0, 0.1) is 0 Å². The molecule has 1 aliphatic rings. The first kappa shape index (κ1) is 4.09. The number of aliphatic hydroxyl groups is 1. The van der Waals surface area contributed by atoms with Gasteiger partial charge in [0, 0.05) is 0 Å². The van der Waals surface area contributed by atoms with Crippen LogP contribution in [0.3, 0.4) is 0 Å². The molecule has 1 heterocycles. The number of rotatable bonds is 0. The molecule has 0 aromatic heterocycles. The van der Waals surface area contributed by atoms with Crippen molar-refractivity contribution in [2.45, 2.75) is 25.7 Å². The normalized spacial score (nSPS) is 39.5. The fraction of sp³-hybridized carbons (Fsp3) is 1.00. The second-order valence-electron chi connectivity index (χ2n) is 2.07. The van der Waals surface area contributed by atoms with Crippen molar-refractivity contribution in [2.24, 2.45) is 0 Å². The second kappa shape index (κ2) is 0.768. The summed E-state index contributed by atoms with van der Waals surface area (Å²) in [4.78, 5) is 0. The smallest absolute Gasteiger partial charge is 0.184 e. The zero-order chi connectivity index (χ0) is 4.78. The van der Waals surface area contributed by atoms with E-state index in [0.717, 1.165) is 0 Å². The number of epoxide rings is 1. The fourth-order valence-corrected chi connectivity index (χ4v) is 0.254. The first-order chi connectivity index (χ1) is 2.63. The Morgan fingerprint density at radius 1 is 1.67 bits per heavy atom. The van der Waals surface area contributed by atoms with Gasteiger partial charge < -0.3 is 9.84 Å². The molecule has 1 atom stereocenters. The molecule has 0 amide bonds. The molecule has 2 heteroatoms. The van der Waals surface area contributed by atoms with Crippen LogP contribution in [-0.4, -0.2) is 17.0 Å². The van der Waals surface area contributed by atoms with Crippen molar-refractivity contribution in [3.8, 4) is 0 Å². The Kier molecular flexibility index (Phi) is 0.524. The van der Waals surface area contributed by atoms with E-state index in [0.29, 0.717) is 0 Å². The molecule has 0 saturated carbocycles. The molecule has 2 nitrogen and oxygen atoms in total. The molecule has 0 aromatic rings. The SMILES string of the molecule is CC1(C)O[C@@H]1O. The monoisotopic (exact) mass is 88.1 g/mol. The average molecular weight is 88.1 g/mol. The van der Waals surface area contributed by atoms with Crippen molar-refractivity contribution < 1.29 is 9.84 Å². The first-order valence-electron chi connectivity index (χ1n) is 1.99. The van der Waals surface area contributed by atoms with E-state index < -0.39 is 6.29 Å². The highest BCUT2D eigenvalue weighted by Crippen LogP contribution is 2.31. The molecule has 0 radical (unpaired) electrons. The molecule has 36 valence electrons. The third kappa shape index (κ3) is 0.420. The lowest BCUT2D eigenvalue weighted by molar-refractivity contribution is 0.155. The van der Waals surface area contributed by atoms with E-state index in [2.05, 4.69) is 4.74 Å². The first-order valence-corrected chi connectivity index (χ1v) is 1.99. The minimum atomic E-state index is -0.502. The number of hydrogen-bond donors (Lipinski definition) is 1. The zero-order valence-electron chi connectivity index (χ0n) is 3.93. The topological polar surface area (TPSA) is 32.8 Å². The summed E-state index contributed by atoms with van der Waals surface area (Å²) >= 11 is 0. The van der Waals surface area contributed by atoms with Crippen molar-refractivity contribution in [1.29, 1.82) is 0 Å². The predicted molar refractivity (Wildman–Crippen MR) is 21.2 cm³/mol. The molecule has 0 aromatic carbocycles. The second-order valence-corrected chi connectivity index (χ2v) is 2.07. The van der Waals surface area contributed by atoms with Gasteiger partial charge in [-0.2, -0.15) is 0 Å². The molecule has 1 rings (SSSR count). The van der Waals surface area contributed by atoms with E-state index in [1.165, 1.54) is 0 Å². The van der Waals surface area contributed by atoms with Gasteiger partial charge in [0.15, 0.2) is 6.29 Å². The van der Waals surface area contributed by atoms with Crippen molar-refractivity contribution in [3.05, 3.63) is 0 Å². The Balaban J connectivity index is 2.41. The number of ether oxygens (including phenoxy) is 1. The van der Waals surface area contributed by atoms with Gasteiger partial charge in [-0.1, -0.05) is 0 Å². The lowest BCUT2D eigenvalue weighted by Crippen LogP contribution is -2.00. The summed E-state index contributed by atoms with van der Waals surface area (Å²) in [5, 5.41) is 8.47. The van der Waals surface area contributed by atoms with Crippen LogP contribution in [0.15, 0.2) is 0 Å². The van der Waals surface area contributed by atoms with Crippen molar-refractivity contribution in [2.75, 3.05) is 0 Å². The Bertz CT molecular complexity index is 67.9. The maximum Gasteiger partial charge on any atom is 0.184 e. The molecular weight excluding hydrogens is 80.0 g/mol. The summed E-state index contributed by atoms with van der Waals surface area (Å²) in [5.41, 5.74) is -0.236. The quantitative estimate of drug-likeness (QED) is 0.426. The summed E-state index contributed by atoms with van der Waals surface area (Å²) in [7, 11) is 0. The maximum atomic E-state index is 8.47. The van der Waals surface area contributed by atoms with Gasteiger partial charge in [-0.05, 0) is 13.8 Å². The van der Waals surface area contributed by atoms with Gasteiger partial charge in [0.05, 0.1) is 0 Å². The van der Waals surface area contributed by atoms with Gasteiger partial charge in [0.1, 0.15) is 5.60 Å². The van der Waals surface area contributed by atoms with Crippen LogP contribution in [0.1, 0.15) is 13.8 Å². The minimum absolute atomic E-state index is 0.236. The molecule has 0 bridgehead atoms. The minimum Gasteiger partial charge on any atom is -0.366 e. The van der Waals surface area contributed by atoms with Crippen LogP contribution in [0.2, 0.25) is 0 Å². The summed E-state index contributed by atoms with van der Waals surface area (Å²) in [6, 6.07) is 0. The molecule has 1 saturated heterocycles. The standard InChI is InChI=1S/C4H8O2/c1-4(2)3(5)6-4/h3,5H,1-2H3/t3-/m0/s1. The van der Waals surface area contributed by atoms with Gasteiger partial charge in [-0.25, -0.2) is 0 Å². The summed E-state index contributed by atoms with van der Waals surface area (Å²) in [6.07, 6.45) is -0.502. The van der Waals surface area contributed by atoms with Gasteiger partial charge in [0.2, 0.25) is 0 Å². The summed E-state index contributed by atoms with van der Waals surface area (Å²) in [6.45, 7) is 3.69. The average Bonchev–Trinajstić information content (AvgIpc) is 1.73. The molecule has 1 N–H and O–H groups in total. The lowest BCUT2D eigenvalue weighted by Gasteiger charge is -1.83. The zero-order valence-corrected chi connectivity index (χ0v) is 3.93. The number of hydrogen-bond acceptors (Lipinski definition) is 2. The molecule has 0 unspecified atom stereocenters. The van der Waals surface area contributed by atoms with Crippen LogP contribution in [-0.2, 0) is 4.74 Å². The lowest BCUT2D eigenvalue weighted by atomic mass is 10.2. The van der Waals surface area contributed by atoms with Gasteiger partial charge >= 0.3 is 0 Å². The van der Waals surface area contributed by atoms with Crippen LogP contribution < -0.4 is 0 Å². The van der Waals surface area contributed by atoms with Crippen LogP contribution in [0.5, 0.6) is 0 Å². The number of aliphatic hydroxyl groups excluding tert-OH is 1. The van der Waals surface area contributed by atoms with E-state index in [-0.39, 0.29) is 5.60 Å². The highest BCUT2D eigenvalue weighted by Gasteiger charge is 2.46. The molecular formula is C4H8O2. The summed E-state index contributed by atoms with van der Waals surface area (Å²) < 4.78 is 4.66. The van der Waals surface area contributed by atoms with E-state index in [1.54, 1.807) is 0 Å². The van der Waals surface area contributed by atoms with E-state index in [4.69, 9.17) is 5.11 Å². The molecule has 6 heavy (non-hydrogen) atoms. The Hall–Kier alpha value is -0.0800. The van der Waals surface area contributed by atoms with Crippen molar-refractivity contribution >= 4 is 0 Å². The van der Waals surface area contributed by atoms with Crippen LogP contribution >= 0.6 is 0 Å². The predicted octanol–water partition coefficient (Wildman–Crippen LogP) is 0.114. The van der Waals surface area contributed by atoms with E-state index in [1.807, 2.05) is 13.8 Å². The maximum absolute atomic E-state index is 8.47. The van der Waals surface area contributed by atoms with Gasteiger partial charge in [0.25, 0.3) is 0 Å². The largest absolute Gasteiger partial charge is 0.366 e. The van der Waals surface area contributed by atoms with Gasteiger partial charge in [-0.15, -0.1) is 0 Å². The van der Waals surface area contributed by atoms with Crippen molar-refractivity contribution in [3.63, 3.8) is 0 Å². The molecule has 1 fully saturated rings. The Labute approximate surface area is 36.7 Å². The van der Waals surface area contributed by atoms with E-state index >= 15 is 0 Å². The highest BCUT2D eigenvalue weighted by atomic mass is 16.7. The summed E-state index contributed by atoms with van der Waals surface area (Å²) in [5.74, 6) is 0. The third-order valence-corrected chi connectivity index (χ3v) is 0.953. The molecule has 0 spiro atoms. The van der Waals surface area contributed by atoms with Crippen LogP contribution in [0.25, 0.3) is 0 Å². The van der Waals surface area contributed by atoms with Gasteiger partial charge in [-0.3, -0.25) is 0 Å². The molecule has 1 aliphatic heterocycles. The van der Waals surface area contributed by atoms with Crippen LogP contribution in [0.4, 0.5) is 0 Å². The highest BCUT2D eigenvalue weighted by molar-refractivity contribution is 4.85. The van der Waals surface area contributed by atoms with E-state index in [9.17, 15) is 0 Å². The Morgan fingerprint density at radius 2 is 1.83 bits per heavy atom.